The van der Waals surface area contributed by atoms with Crippen LogP contribution in [-0.2, 0) is 16.0 Å². The maximum Gasteiger partial charge on any atom is 0.305 e. The van der Waals surface area contributed by atoms with Gasteiger partial charge in [-0.15, -0.1) is 0 Å². The normalized spacial score (nSPS) is 12.7. The van der Waals surface area contributed by atoms with Gasteiger partial charge in [0.1, 0.15) is 11.5 Å². The van der Waals surface area contributed by atoms with Crippen LogP contribution in [0.2, 0.25) is 0 Å². The van der Waals surface area contributed by atoms with Gasteiger partial charge in [-0.25, -0.2) is 0 Å². The van der Waals surface area contributed by atoms with Crippen LogP contribution in [0.25, 0.3) is 0 Å². The molecule has 1 aromatic heterocycles. The molecule has 0 aliphatic rings. The average molecular weight is 269 g/mol. The van der Waals surface area contributed by atoms with Crippen LogP contribution >= 0.6 is 0 Å². The van der Waals surface area contributed by atoms with Gasteiger partial charge in [0.25, 0.3) is 0 Å². The number of rotatable bonds is 8. The molecule has 1 N–H and O–H groups in total. The Morgan fingerprint density at radius 2 is 2.26 bits per heavy atom. The molecule has 108 valence electrons. The zero-order chi connectivity index (χ0) is 14.3. The Hall–Kier alpha value is -1.33. The first-order valence-corrected chi connectivity index (χ1v) is 6.50. The summed E-state index contributed by atoms with van der Waals surface area (Å²) in [5.41, 5.74) is 0. The third-order valence-electron chi connectivity index (χ3n) is 2.97. The minimum atomic E-state index is -0.512. The smallest absolute Gasteiger partial charge is 0.305 e. The molecule has 0 radical (unpaired) electrons. The van der Waals surface area contributed by atoms with Crippen molar-refractivity contribution < 1.29 is 19.1 Å². The van der Waals surface area contributed by atoms with Crippen LogP contribution in [-0.4, -0.2) is 49.3 Å². The summed E-state index contributed by atoms with van der Waals surface area (Å²) >= 11 is 0. The number of furan rings is 1. The van der Waals surface area contributed by atoms with E-state index >= 15 is 0 Å². The first-order valence-electron chi connectivity index (χ1n) is 6.50. The lowest BCUT2D eigenvalue weighted by atomic mass is 10.2. The first-order chi connectivity index (χ1) is 9.01. The van der Waals surface area contributed by atoms with Crippen molar-refractivity contribution in [2.45, 2.75) is 32.3 Å². The van der Waals surface area contributed by atoms with E-state index in [4.69, 9.17) is 4.42 Å². The highest BCUT2D eigenvalue weighted by molar-refractivity contribution is 5.69. The number of carbonyl (C=O) groups excluding carboxylic acids is 1. The Balaban J connectivity index is 2.19. The van der Waals surface area contributed by atoms with E-state index in [9.17, 15) is 9.90 Å². The van der Waals surface area contributed by atoms with Crippen LogP contribution in [0.5, 0.6) is 0 Å². The van der Waals surface area contributed by atoms with Gasteiger partial charge in [0, 0.05) is 25.9 Å². The van der Waals surface area contributed by atoms with E-state index in [-0.39, 0.29) is 12.4 Å². The molecule has 0 aliphatic heterocycles. The van der Waals surface area contributed by atoms with Crippen molar-refractivity contribution in [3.63, 3.8) is 0 Å². The SMILES string of the molecule is COC(=O)CCC(O)CN(C)CCc1ccc(C)o1. The Bertz CT molecular complexity index is 389. The standard InChI is InChI=1S/C14H23NO4/c1-11-4-6-13(19-11)8-9-15(2)10-12(16)5-7-14(17)18-3/h4,6,12,16H,5,7-10H2,1-3H3. The highest BCUT2D eigenvalue weighted by atomic mass is 16.5. The zero-order valence-corrected chi connectivity index (χ0v) is 11.9. The summed E-state index contributed by atoms with van der Waals surface area (Å²) in [4.78, 5) is 13.0. The van der Waals surface area contributed by atoms with E-state index in [1.165, 1.54) is 7.11 Å². The monoisotopic (exact) mass is 269 g/mol. The second kappa shape index (κ2) is 7.96. The Kier molecular flexibility index (Phi) is 6.59. The fourth-order valence-electron chi connectivity index (χ4n) is 1.85. The Morgan fingerprint density at radius 3 is 2.84 bits per heavy atom. The third-order valence-corrected chi connectivity index (χ3v) is 2.97. The summed E-state index contributed by atoms with van der Waals surface area (Å²) in [7, 11) is 3.29. The van der Waals surface area contributed by atoms with Crippen molar-refractivity contribution in [1.29, 1.82) is 0 Å². The van der Waals surface area contributed by atoms with Crippen molar-refractivity contribution in [3.8, 4) is 0 Å². The van der Waals surface area contributed by atoms with Crippen molar-refractivity contribution in [2.75, 3.05) is 27.2 Å². The van der Waals surface area contributed by atoms with Gasteiger partial charge in [0.05, 0.1) is 13.2 Å². The fourth-order valence-corrected chi connectivity index (χ4v) is 1.85. The molecule has 0 saturated carbocycles. The maximum atomic E-state index is 11.0. The van der Waals surface area contributed by atoms with Crippen LogP contribution < -0.4 is 0 Å². The lowest BCUT2D eigenvalue weighted by Crippen LogP contribution is -2.31. The van der Waals surface area contributed by atoms with Crippen LogP contribution in [0.15, 0.2) is 16.5 Å². The molecular weight excluding hydrogens is 246 g/mol. The molecule has 1 heterocycles. The van der Waals surface area contributed by atoms with E-state index < -0.39 is 6.10 Å². The second-order valence-corrected chi connectivity index (χ2v) is 4.79. The molecule has 1 unspecified atom stereocenters. The summed E-state index contributed by atoms with van der Waals surface area (Å²) in [6.45, 7) is 3.27. The molecule has 0 amide bonds. The number of hydrogen-bond acceptors (Lipinski definition) is 5. The predicted molar refractivity (Wildman–Crippen MR) is 71.9 cm³/mol. The second-order valence-electron chi connectivity index (χ2n) is 4.79. The first kappa shape index (κ1) is 15.7. The summed E-state index contributed by atoms with van der Waals surface area (Å²) in [5.74, 6) is 1.58. The van der Waals surface area contributed by atoms with Gasteiger partial charge in [-0.3, -0.25) is 4.79 Å². The van der Waals surface area contributed by atoms with Gasteiger partial charge in [0.2, 0.25) is 0 Å². The van der Waals surface area contributed by atoms with Crippen molar-refractivity contribution in [2.24, 2.45) is 0 Å². The molecule has 1 aromatic rings. The molecule has 0 bridgehead atoms. The molecule has 19 heavy (non-hydrogen) atoms. The number of ether oxygens (including phenoxy) is 1. The quantitative estimate of drug-likeness (QED) is 0.722. The predicted octanol–water partition coefficient (Wildman–Crippen LogP) is 1.38. The lowest BCUT2D eigenvalue weighted by molar-refractivity contribution is -0.141. The highest BCUT2D eigenvalue weighted by Crippen LogP contribution is 2.08. The van der Waals surface area contributed by atoms with Gasteiger partial charge < -0.3 is 19.2 Å². The maximum absolute atomic E-state index is 11.0. The number of aliphatic hydroxyl groups excluding tert-OH is 1. The fraction of sp³-hybridized carbons (Fsp3) is 0.643. The van der Waals surface area contributed by atoms with Gasteiger partial charge in [-0.2, -0.15) is 0 Å². The van der Waals surface area contributed by atoms with E-state index in [2.05, 4.69) is 4.74 Å². The van der Waals surface area contributed by atoms with Gasteiger partial charge in [-0.1, -0.05) is 0 Å². The largest absolute Gasteiger partial charge is 0.469 e. The summed E-state index contributed by atoms with van der Waals surface area (Å²) in [6.07, 6.45) is 0.982. The molecule has 5 heteroatoms. The third kappa shape index (κ3) is 6.40. The molecule has 0 spiro atoms. The Morgan fingerprint density at radius 1 is 1.53 bits per heavy atom. The van der Waals surface area contributed by atoms with Gasteiger partial charge >= 0.3 is 5.97 Å². The molecule has 0 saturated heterocycles. The van der Waals surface area contributed by atoms with Gasteiger partial charge in [0.15, 0.2) is 0 Å². The van der Waals surface area contributed by atoms with Crippen LogP contribution in [0.3, 0.4) is 0 Å². The lowest BCUT2D eigenvalue weighted by Gasteiger charge is -2.19. The van der Waals surface area contributed by atoms with Crippen molar-refractivity contribution in [1.82, 2.24) is 4.90 Å². The summed E-state index contributed by atoms with van der Waals surface area (Å²) < 4.78 is 10.0. The number of aliphatic hydroxyl groups is 1. The summed E-state index contributed by atoms with van der Waals surface area (Å²) in [5, 5.41) is 9.79. The zero-order valence-electron chi connectivity index (χ0n) is 11.9. The molecule has 1 rings (SSSR count). The molecule has 0 aliphatic carbocycles. The highest BCUT2D eigenvalue weighted by Gasteiger charge is 2.11. The van der Waals surface area contributed by atoms with E-state index in [1.54, 1.807) is 0 Å². The summed E-state index contributed by atoms with van der Waals surface area (Å²) in [6, 6.07) is 3.91. The number of methoxy groups -OCH3 is 1. The topological polar surface area (TPSA) is 62.9 Å². The minimum Gasteiger partial charge on any atom is -0.469 e. The number of nitrogens with zero attached hydrogens (tertiary/aromatic N) is 1. The van der Waals surface area contributed by atoms with Crippen molar-refractivity contribution in [3.05, 3.63) is 23.7 Å². The number of hydrogen-bond donors (Lipinski definition) is 1. The molecule has 0 fully saturated rings. The minimum absolute atomic E-state index is 0.253. The average Bonchev–Trinajstić information content (AvgIpc) is 2.79. The van der Waals surface area contributed by atoms with E-state index in [1.807, 2.05) is 31.0 Å². The van der Waals surface area contributed by atoms with E-state index in [0.717, 1.165) is 24.5 Å². The van der Waals surface area contributed by atoms with E-state index in [0.29, 0.717) is 13.0 Å². The number of esters is 1. The van der Waals surface area contributed by atoms with Crippen LogP contribution in [0.4, 0.5) is 0 Å². The molecular formula is C14H23NO4. The number of aryl methyl sites for hydroxylation is 1. The van der Waals surface area contributed by atoms with Crippen LogP contribution in [0.1, 0.15) is 24.4 Å². The molecule has 5 nitrogen and oxygen atoms in total. The van der Waals surface area contributed by atoms with Crippen molar-refractivity contribution >= 4 is 5.97 Å². The number of carbonyl (C=O) groups is 1. The van der Waals surface area contributed by atoms with Crippen LogP contribution in [0, 0.1) is 6.92 Å². The Labute approximate surface area is 114 Å². The van der Waals surface area contributed by atoms with Gasteiger partial charge in [-0.05, 0) is 32.5 Å². The number of likely N-dealkylation sites (N-methyl/N-ethyl adjacent to an activating group) is 1. The molecule has 0 aromatic carbocycles. The molecule has 1 atom stereocenters.